The molecule has 1 aromatic carbocycles. The van der Waals surface area contributed by atoms with Crippen LogP contribution in [0.4, 0.5) is 57.1 Å². The SMILES string of the molecule is O=C(NN=Cc1ccccc1O)C(F)(F)C(F)(F)C(F)(F)C(F)(F)C(F)(F)C(F)(F)F. The maximum atomic E-state index is 13.5. The van der Waals surface area contributed by atoms with Crippen LogP contribution in [0, 0.1) is 0 Å². The van der Waals surface area contributed by atoms with E-state index in [0.717, 1.165) is 12.1 Å². The highest BCUT2D eigenvalue weighted by Crippen LogP contribution is 2.60. The zero-order valence-corrected chi connectivity index (χ0v) is 14.1. The van der Waals surface area contributed by atoms with Crippen molar-refractivity contribution in [2.24, 2.45) is 5.10 Å². The quantitative estimate of drug-likeness (QED) is 0.340. The zero-order valence-electron chi connectivity index (χ0n) is 14.1. The number of hydrogen-bond acceptors (Lipinski definition) is 3. The summed E-state index contributed by atoms with van der Waals surface area (Å²) >= 11 is 0. The second kappa shape index (κ2) is 7.74. The fourth-order valence-electron chi connectivity index (χ4n) is 1.74. The van der Waals surface area contributed by atoms with Crippen LogP contribution in [0.15, 0.2) is 29.4 Å². The molecule has 176 valence electrons. The number of hydrazone groups is 1. The number of carbonyl (C=O) groups is 1. The molecule has 0 radical (unpaired) electrons. The van der Waals surface area contributed by atoms with Crippen LogP contribution >= 0.6 is 0 Å². The van der Waals surface area contributed by atoms with E-state index in [1.54, 1.807) is 0 Å². The van der Waals surface area contributed by atoms with Crippen LogP contribution in [0.2, 0.25) is 0 Å². The molecule has 1 rings (SSSR count). The number of benzene rings is 1. The van der Waals surface area contributed by atoms with Crippen molar-refractivity contribution in [3.05, 3.63) is 29.8 Å². The number of carbonyl (C=O) groups excluding carboxylic acids is 1. The van der Waals surface area contributed by atoms with Crippen molar-refractivity contribution in [2.45, 2.75) is 35.8 Å². The molecular formula is C14H7F13N2O2. The number of nitrogens with zero attached hydrogens (tertiary/aromatic N) is 1. The molecule has 0 spiro atoms. The number of phenols is 1. The van der Waals surface area contributed by atoms with Gasteiger partial charge in [-0.25, -0.2) is 5.43 Å². The minimum Gasteiger partial charge on any atom is -0.507 e. The van der Waals surface area contributed by atoms with Gasteiger partial charge in [0.15, 0.2) is 0 Å². The Morgan fingerprint density at radius 2 is 1.23 bits per heavy atom. The van der Waals surface area contributed by atoms with E-state index in [1.165, 1.54) is 12.1 Å². The van der Waals surface area contributed by atoms with Gasteiger partial charge in [-0.05, 0) is 12.1 Å². The predicted molar refractivity (Wildman–Crippen MR) is 74.6 cm³/mol. The maximum absolute atomic E-state index is 13.5. The zero-order chi connectivity index (χ0) is 24.7. The largest absolute Gasteiger partial charge is 0.507 e. The van der Waals surface area contributed by atoms with E-state index in [4.69, 9.17) is 0 Å². The van der Waals surface area contributed by atoms with Crippen LogP contribution in [0.5, 0.6) is 5.75 Å². The minimum absolute atomic E-state index is 0.298. The van der Waals surface area contributed by atoms with Gasteiger partial charge in [-0.3, -0.25) is 4.79 Å². The van der Waals surface area contributed by atoms with Crippen LogP contribution in [0.3, 0.4) is 0 Å². The summed E-state index contributed by atoms with van der Waals surface area (Å²) in [4.78, 5) is 11.1. The van der Waals surface area contributed by atoms with Crippen molar-refractivity contribution in [3.8, 4) is 5.75 Å². The minimum atomic E-state index is -8.11. The van der Waals surface area contributed by atoms with Crippen molar-refractivity contribution in [3.63, 3.8) is 0 Å². The van der Waals surface area contributed by atoms with E-state index in [0.29, 0.717) is 11.6 Å². The number of amides is 1. The first-order chi connectivity index (χ1) is 13.7. The summed E-state index contributed by atoms with van der Waals surface area (Å²) < 4.78 is 168. The average molecular weight is 482 g/mol. The summed E-state index contributed by atoms with van der Waals surface area (Å²) in [7, 11) is 0. The van der Waals surface area contributed by atoms with Gasteiger partial charge in [0.1, 0.15) is 5.75 Å². The van der Waals surface area contributed by atoms with Crippen molar-refractivity contribution >= 4 is 12.1 Å². The first-order valence-corrected chi connectivity index (χ1v) is 7.23. The highest BCUT2D eigenvalue weighted by molar-refractivity contribution is 5.88. The summed E-state index contributed by atoms with van der Waals surface area (Å²) in [5.41, 5.74) is 0.137. The topological polar surface area (TPSA) is 61.7 Å². The van der Waals surface area contributed by atoms with E-state index in [-0.39, 0.29) is 5.56 Å². The van der Waals surface area contributed by atoms with Gasteiger partial charge < -0.3 is 5.11 Å². The van der Waals surface area contributed by atoms with Gasteiger partial charge in [-0.2, -0.15) is 62.2 Å². The summed E-state index contributed by atoms with van der Waals surface area (Å²) in [6.45, 7) is 0. The van der Waals surface area contributed by atoms with Crippen LogP contribution in [-0.2, 0) is 4.79 Å². The highest BCUT2D eigenvalue weighted by atomic mass is 19.4. The van der Waals surface area contributed by atoms with Crippen LogP contribution in [0.25, 0.3) is 0 Å². The molecule has 0 saturated carbocycles. The molecule has 1 amide bonds. The number of rotatable bonds is 7. The summed E-state index contributed by atoms with van der Waals surface area (Å²) in [5.74, 6) is -43.0. The Bertz CT molecular complexity index is 849. The fraction of sp³-hybridized carbons (Fsp3) is 0.429. The Morgan fingerprint density at radius 3 is 1.68 bits per heavy atom. The molecule has 31 heavy (non-hydrogen) atoms. The molecule has 0 aliphatic carbocycles. The van der Waals surface area contributed by atoms with Crippen LogP contribution in [0.1, 0.15) is 5.56 Å². The van der Waals surface area contributed by atoms with Crippen molar-refractivity contribution in [2.75, 3.05) is 0 Å². The van der Waals surface area contributed by atoms with E-state index >= 15 is 0 Å². The molecule has 0 aromatic heterocycles. The van der Waals surface area contributed by atoms with E-state index in [1.807, 2.05) is 0 Å². The lowest BCUT2D eigenvalue weighted by Crippen LogP contribution is -2.71. The van der Waals surface area contributed by atoms with Crippen molar-refractivity contribution in [1.29, 1.82) is 0 Å². The number of aromatic hydroxyl groups is 1. The number of phenolic OH excluding ortho intramolecular Hbond substituents is 1. The Kier molecular flexibility index (Phi) is 6.56. The number of para-hydroxylation sites is 1. The Labute approximate surface area is 162 Å². The van der Waals surface area contributed by atoms with Gasteiger partial charge in [-0.15, -0.1) is 0 Å². The lowest BCUT2D eigenvalue weighted by Gasteiger charge is -2.38. The average Bonchev–Trinajstić information content (AvgIpc) is 2.61. The first kappa shape index (κ1) is 26.3. The lowest BCUT2D eigenvalue weighted by molar-refractivity contribution is -0.436. The molecule has 0 aliphatic rings. The maximum Gasteiger partial charge on any atom is 0.460 e. The third kappa shape index (κ3) is 4.08. The molecular weight excluding hydrogens is 475 g/mol. The first-order valence-electron chi connectivity index (χ1n) is 7.23. The van der Waals surface area contributed by atoms with E-state index in [2.05, 4.69) is 5.10 Å². The third-order valence-corrected chi connectivity index (χ3v) is 3.53. The van der Waals surface area contributed by atoms with Crippen LogP contribution < -0.4 is 5.43 Å². The molecule has 0 bridgehead atoms. The standard InChI is InChI=1S/C14H7F13N2O2/c15-9(16,8(31)29-28-5-6-3-1-2-4-7(6)30)10(17,18)11(19,20)12(21,22)13(23,24)14(25,26)27/h1-5,30H,(H,29,31). The molecule has 0 atom stereocenters. The smallest absolute Gasteiger partial charge is 0.460 e. The fourth-order valence-corrected chi connectivity index (χ4v) is 1.74. The number of halogens is 13. The molecule has 17 heteroatoms. The number of alkyl halides is 13. The molecule has 4 nitrogen and oxygen atoms in total. The predicted octanol–water partition coefficient (Wildman–Crippen LogP) is 4.58. The molecule has 0 saturated heterocycles. The van der Waals surface area contributed by atoms with Gasteiger partial charge in [-0.1, -0.05) is 12.1 Å². The van der Waals surface area contributed by atoms with E-state index < -0.39 is 47.4 Å². The molecule has 0 aliphatic heterocycles. The van der Waals surface area contributed by atoms with Gasteiger partial charge in [0, 0.05) is 5.56 Å². The molecule has 2 N–H and O–H groups in total. The summed E-state index contributed by atoms with van der Waals surface area (Å²) in [6, 6.07) is 4.43. The number of hydrogen-bond donors (Lipinski definition) is 2. The molecule has 1 aromatic rings. The van der Waals surface area contributed by atoms with Gasteiger partial charge in [0.05, 0.1) is 6.21 Å². The molecule has 0 unspecified atom stereocenters. The van der Waals surface area contributed by atoms with Crippen LogP contribution in [-0.4, -0.2) is 53.0 Å². The Hall–Kier alpha value is -2.75. The van der Waals surface area contributed by atoms with E-state index in [9.17, 15) is 67.0 Å². The lowest BCUT2D eigenvalue weighted by atomic mass is 9.93. The highest BCUT2D eigenvalue weighted by Gasteiger charge is 2.91. The second-order valence-corrected chi connectivity index (χ2v) is 5.63. The summed E-state index contributed by atoms with van der Waals surface area (Å²) in [6.07, 6.45) is -7.25. The number of nitrogens with one attached hydrogen (secondary N) is 1. The van der Waals surface area contributed by atoms with Gasteiger partial charge in [0.25, 0.3) is 0 Å². The van der Waals surface area contributed by atoms with Crippen molar-refractivity contribution in [1.82, 2.24) is 5.43 Å². The monoisotopic (exact) mass is 482 g/mol. The molecule has 0 heterocycles. The third-order valence-electron chi connectivity index (χ3n) is 3.53. The summed E-state index contributed by atoms with van der Waals surface area (Å²) in [5, 5.41) is 11.8. The Morgan fingerprint density at radius 1 is 0.774 bits per heavy atom. The molecule has 0 fully saturated rings. The second-order valence-electron chi connectivity index (χ2n) is 5.63. The normalized spacial score (nSPS) is 14.7. The van der Waals surface area contributed by atoms with Gasteiger partial charge >= 0.3 is 41.7 Å². The van der Waals surface area contributed by atoms with Gasteiger partial charge in [0.2, 0.25) is 0 Å². The van der Waals surface area contributed by atoms with Crippen molar-refractivity contribution < 1.29 is 67.0 Å². The Balaban J connectivity index is 3.26.